The summed E-state index contributed by atoms with van der Waals surface area (Å²) in [5.41, 5.74) is 9.75. The molecule has 0 heterocycles. The minimum Gasteiger partial charge on any atom is -0.502 e. The van der Waals surface area contributed by atoms with Gasteiger partial charge >= 0.3 is 5.69 Å². The topological polar surface area (TPSA) is 128 Å². The molecular formula is C49H74N2O6. The molecule has 0 aromatic heterocycles. The second kappa shape index (κ2) is 17.9. The third kappa shape index (κ3) is 10.8. The predicted molar refractivity (Wildman–Crippen MR) is 237 cm³/mol. The highest BCUT2D eigenvalue weighted by atomic mass is 16.6. The molecule has 0 fully saturated rings. The lowest BCUT2D eigenvalue weighted by molar-refractivity contribution is -0.385. The molecule has 0 aliphatic carbocycles. The van der Waals surface area contributed by atoms with Gasteiger partial charge in [0.05, 0.1) is 24.2 Å². The number of benzene rings is 3. The van der Waals surface area contributed by atoms with Crippen LogP contribution in [0.25, 0.3) is 6.08 Å². The molecule has 3 aromatic carbocycles. The van der Waals surface area contributed by atoms with Crippen molar-refractivity contribution in [3.05, 3.63) is 97.1 Å². The van der Waals surface area contributed by atoms with Crippen molar-refractivity contribution in [2.75, 3.05) is 13.2 Å². The summed E-state index contributed by atoms with van der Waals surface area (Å²) in [6.45, 7) is 35.3. The molecule has 0 amide bonds. The first-order valence-corrected chi connectivity index (χ1v) is 20.9. The molecule has 316 valence electrons. The van der Waals surface area contributed by atoms with Crippen LogP contribution in [0.1, 0.15) is 175 Å². The highest BCUT2D eigenvalue weighted by Crippen LogP contribution is 2.49. The van der Waals surface area contributed by atoms with E-state index in [0.29, 0.717) is 29.9 Å². The number of aromatic hydroxyl groups is 1. The summed E-state index contributed by atoms with van der Waals surface area (Å²) in [7, 11) is 0. The van der Waals surface area contributed by atoms with Gasteiger partial charge in [0, 0.05) is 33.9 Å². The lowest BCUT2D eigenvalue weighted by atomic mass is 9.69. The van der Waals surface area contributed by atoms with Crippen molar-refractivity contribution in [3.8, 4) is 17.2 Å². The third-order valence-corrected chi connectivity index (χ3v) is 10.8. The number of ether oxygens (including phenoxy) is 2. The van der Waals surface area contributed by atoms with E-state index in [-0.39, 0.29) is 33.1 Å². The fourth-order valence-electron chi connectivity index (χ4n) is 7.25. The molecular weight excluding hydrogens is 713 g/mol. The summed E-state index contributed by atoms with van der Waals surface area (Å²) in [6.07, 6.45) is 5.52. The maximum Gasteiger partial charge on any atom is 0.311 e. The summed E-state index contributed by atoms with van der Waals surface area (Å²) < 4.78 is 13.3. The lowest BCUT2D eigenvalue weighted by Gasteiger charge is -2.41. The van der Waals surface area contributed by atoms with Crippen LogP contribution in [-0.2, 0) is 27.3 Å². The molecule has 1 unspecified atom stereocenters. The minimum atomic E-state index is -1.85. The van der Waals surface area contributed by atoms with Gasteiger partial charge in [-0.05, 0) is 87.5 Å². The van der Waals surface area contributed by atoms with E-state index < -0.39 is 28.0 Å². The second-order valence-corrected chi connectivity index (χ2v) is 20.2. The van der Waals surface area contributed by atoms with E-state index in [1.54, 1.807) is 18.2 Å². The average molecular weight is 787 g/mol. The molecule has 0 radical (unpaired) electrons. The molecule has 57 heavy (non-hydrogen) atoms. The Balaban J connectivity index is 2.70. The number of aliphatic hydroxyl groups is 1. The molecule has 3 aromatic rings. The van der Waals surface area contributed by atoms with Crippen LogP contribution in [0.15, 0.2) is 48.0 Å². The van der Waals surface area contributed by atoms with Gasteiger partial charge in [0.15, 0.2) is 0 Å². The normalized spacial score (nSPS) is 13.9. The zero-order valence-corrected chi connectivity index (χ0v) is 38.1. The number of hydrogen-bond acceptors (Lipinski definition) is 7. The van der Waals surface area contributed by atoms with Crippen LogP contribution < -0.4 is 15.2 Å². The molecule has 0 saturated carbocycles. The predicted octanol–water partition coefficient (Wildman–Crippen LogP) is 12.2. The van der Waals surface area contributed by atoms with Crippen LogP contribution in [-0.4, -0.2) is 34.4 Å². The number of para-hydroxylation sites is 1. The Morgan fingerprint density at radius 2 is 1.11 bits per heavy atom. The van der Waals surface area contributed by atoms with E-state index >= 15 is 0 Å². The van der Waals surface area contributed by atoms with Crippen LogP contribution in [0, 0.1) is 16.0 Å². The Labute approximate surface area is 344 Å². The first-order valence-electron chi connectivity index (χ1n) is 20.9. The van der Waals surface area contributed by atoms with E-state index in [9.17, 15) is 20.3 Å². The Bertz CT molecular complexity index is 1740. The van der Waals surface area contributed by atoms with E-state index in [4.69, 9.17) is 15.2 Å². The molecule has 0 saturated heterocycles. The van der Waals surface area contributed by atoms with Crippen molar-refractivity contribution >= 4 is 11.8 Å². The molecule has 0 bridgehead atoms. The number of nitrogens with two attached hydrogens (primary N) is 1. The van der Waals surface area contributed by atoms with Gasteiger partial charge < -0.3 is 25.4 Å². The first-order chi connectivity index (χ1) is 26.1. The first kappa shape index (κ1) is 47.5. The molecule has 8 nitrogen and oxygen atoms in total. The van der Waals surface area contributed by atoms with Gasteiger partial charge in [-0.3, -0.25) is 10.1 Å². The Hall–Kier alpha value is -3.88. The molecule has 8 heteroatoms. The zero-order valence-electron chi connectivity index (χ0n) is 38.1. The number of nitro benzene ring substituents is 1. The molecule has 4 N–H and O–H groups in total. The van der Waals surface area contributed by atoms with Gasteiger partial charge in [-0.2, -0.15) is 0 Å². The number of nitrogens with zero attached hydrogens (tertiary/aromatic N) is 1. The molecule has 0 aliphatic rings. The van der Waals surface area contributed by atoms with Gasteiger partial charge in [-0.15, -0.1) is 0 Å². The Morgan fingerprint density at radius 3 is 1.40 bits per heavy atom. The van der Waals surface area contributed by atoms with Gasteiger partial charge in [-0.25, -0.2) is 0 Å². The quantitative estimate of drug-likeness (QED) is 0.0795. The lowest BCUT2D eigenvalue weighted by Crippen LogP contribution is -2.49. The van der Waals surface area contributed by atoms with E-state index in [0.717, 1.165) is 59.4 Å². The second-order valence-electron chi connectivity index (χ2n) is 20.2. The summed E-state index contributed by atoms with van der Waals surface area (Å²) in [6, 6.07) is 11.6. The monoisotopic (exact) mass is 787 g/mol. The summed E-state index contributed by atoms with van der Waals surface area (Å²) in [5.74, 6) is 0.977. The van der Waals surface area contributed by atoms with Crippen molar-refractivity contribution in [1.82, 2.24) is 0 Å². The number of phenols is 1. The van der Waals surface area contributed by atoms with E-state index in [1.165, 1.54) is 6.07 Å². The van der Waals surface area contributed by atoms with Crippen molar-refractivity contribution < 1.29 is 24.6 Å². The van der Waals surface area contributed by atoms with Crippen LogP contribution in [0.3, 0.4) is 0 Å². The standard InChI is InChI=1S/C49H74N2O6/c1-17-19-24-56-42-36(45(5,6)7)27-33(28-37(42)46(8,9)10)49(53,44(50)35(31(3)4)26-32-22-21-23-40(41(32)52)51(54)55)34-29-38(47(11,12)13)43(57-25-20-18-2)39(30-34)48(14,15)16/h21-23,26-31,44,52-53H,17-20,24-25,50H2,1-16H3. The molecule has 0 spiro atoms. The van der Waals surface area contributed by atoms with Crippen LogP contribution >= 0.6 is 0 Å². The average Bonchev–Trinajstić information content (AvgIpc) is 3.08. The number of unbranched alkanes of at least 4 members (excludes halogenated alkanes) is 2. The third-order valence-electron chi connectivity index (χ3n) is 10.8. The van der Waals surface area contributed by atoms with Gasteiger partial charge in [0.1, 0.15) is 17.1 Å². The summed E-state index contributed by atoms with van der Waals surface area (Å²) in [4.78, 5) is 11.3. The van der Waals surface area contributed by atoms with Crippen molar-refractivity contribution in [2.24, 2.45) is 11.7 Å². The van der Waals surface area contributed by atoms with Crippen molar-refractivity contribution in [1.29, 1.82) is 0 Å². The van der Waals surface area contributed by atoms with Crippen molar-refractivity contribution in [3.63, 3.8) is 0 Å². The number of rotatable bonds is 15. The Kier molecular flexibility index (Phi) is 15.0. The van der Waals surface area contributed by atoms with Gasteiger partial charge in [-0.1, -0.05) is 136 Å². The van der Waals surface area contributed by atoms with E-state index in [2.05, 4.69) is 121 Å². The Morgan fingerprint density at radius 1 is 0.737 bits per heavy atom. The van der Waals surface area contributed by atoms with Gasteiger partial charge in [0.25, 0.3) is 0 Å². The van der Waals surface area contributed by atoms with E-state index in [1.807, 2.05) is 13.8 Å². The largest absolute Gasteiger partial charge is 0.502 e. The summed E-state index contributed by atoms with van der Waals surface area (Å²) in [5, 5.41) is 37.1. The fraction of sp³-hybridized carbons (Fsp3) is 0.592. The fourth-order valence-corrected chi connectivity index (χ4v) is 7.25. The van der Waals surface area contributed by atoms with Crippen LogP contribution in [0.4, 0.5) is 5.69 Å². The number of hydrogen-bond donors (Lipinski definition) is 3. The highest BCUT2D eigenvalue weighted by Gasteiger charge is 2.45. The molecule has 3 rings (SSSR count). The highest BCUT2D eigenvalue weighted by molar-refractivity contribution is 5.68. The number of nitro groups is 1. The minimum absolute atomic E-state index is 0.230. The maximum atomic E-state index is 14.1. The number of phenolic OH excluding ortho intramolecular Hbond substituents is 1. The zero-order chi connectivity index (χ0) is 43.5. The maximum absolute atomic E-state index is 14.1. The SMILES string of the molecule is CCCCOc1c(C(C)(C)C)cc(C(O)(c2cc(C(C)(C)C)c(OCCCC)c(C(C)(C)C)c2)C(N)C(=Cc2cccc([N+](=O)[O-])c2O)C(C)C)cc1C(C)(C)C. The smallest absolute Gasteiger partial charge is 0.311 e. The molecule has 1 atom stereocenters. The van der Waals surface area contributed by atoms with Crippen molar-refractivity contribution in [2.45, 2.75) is 170 Å². The molecule has 0 aliphatic heterocycles. The van der Waals surface area contributed by atoms with Gasteiger partial charge in [0.2, 0.25) is 5.75 Å². The van der Waals surface area contributed by atoms with Crippen LogP contribution in [0.2, 0.25) is 0 Å². The van der Waals surface area contributed by atoms with Crippen LogP contribution in [0.5, 0.6) is 17.2 Å². The summed E-state index contributed by atoms with van der Waals surface area (Å²) >= 11 is 0.